The Labute approximate surface area is 94.3 Å². The van der Waals surface area contributed by atoms with Gasteiger partial charge in [-0.1, -0.05) is 30.3 Å². The molecule has 0 unspecified atom stereocenters. The molecule has 0 amide bonds. The third kappa shape index (κ3) is 1.98. The van der Waals surface area contributed by atoms with Crippen LogP contribution in [0, 0.1) is 0 Å². The molecule has 4 heteroatoms. The van der Waals surface area contributed by atoms with Crippen molar-refractivity contribution in [3.8, 4) is 11.3 Å². The zero-order chi connectivity index (χ0) is 11.5. The van der Waals surface area contributed by atoms with Crippen molar-refractivity contribution in [2.75, 3.05) is 6.54 Å². The maximum atomic E-state index is 9.68. The van der Waals surface area contributed by atoms with Crippen LogP contribution in [0.5, 0.6) is 0 Å². The first-order chi connectivity index (χ1) is 7.72. The van der Waals surface area contributed by atoms with E-state index in [0.717, 1.165) is 17.0 Å². The highest BCUT2D eigenvalue weighted by molar-refractivity contribution is 5.59. The van der Waals surface area contributed by atoms with E-state index in [4.69, 9.17) is 5.73 Å². The van der Waals surface area contributed by atoms with Gasteiger partial charge in [-0.15, -0.1) is 0 Å². The number of nitrogens with two attached hydrogens (primary N) is 1. The van der Waals surface area contributed by atoms with Gasteiger partial charge in [-0.25, -0.2) is 0 Å². The lowest BCUT2D eigenvalue weighted by Gasteiger charge is -2.06. The van der Waals surface area contributed by atoms with Crippen molar-refractivity contribution in [3.63, 3.8) is 0 Å². The largest absolute Gasteiger partial charge is 0.385 e. The molecule has 1 atom stereocenters. The Balaban J connectivity index is 2.38. The van der Waals surface area contributed by atoms with Gasteiger partial charge in [0.2, 0.25) is 0 Å². The first-order valence-corrected chi connectivity index (χ1v) is 5.20. The van der Waals surface area contributed by atoms with Crippen LogP contribution in [0.4, 0.5) is 0 Å². The molecular weight excluding hydrogens is 202 g/mol. The standard InChI is InChI=1S/C12H15N3O/c1-15-11(12(16)8-13)7-10(14-15)9-5-3-2-4-6-9/h2-7,12,16H,8,13H2,1H3/t12-/m0/s1. The molecule has 4 nitrogen and oxygen atoms in total. The van der Waals surface area contributed by atoms with Crippen molar-refractivity contribution in [2.45, 2.75) is 6.10 Å². The van der Waals surface area contributed by atoms with E-state index >= 15 is 0 Å². The Morgan fingerprint density at radius 2 is 2.06 bits per heavy atom. The van der Waals surface area contributed by atoms with Crippen LogP contribution in [0.3, 0.4) is 0 Å². The van der Waals surface area contributed by atoms with Gasteiger partial charge in [-0.2, -0.15) is 5.10 Å². The summed E-state index contributed by atoms with van der Waals surface area (Å²) in [5.41, 5.74) is 8.06. The van der Waals surface area contributed by atoms with E-state index < -0.39 is 6.10 Å². The maximum absolute atomic E-state index is 9.68. The molecule has 84 valence electrons. The van der Waals surface area contributed by atoms with Gasteiger partial charge in [0.1, 0.15) is 6.10 Å². The van der Waals surface area contributed by atoms with Crippen molar-refractivity contribution < 1.29 is 5.11 Å². The van der Waals surface area contributed by atoms with Gasteiger partial charge in [-0.05, 0) is 6.07 Å². The van der Waals surface area contributed by atoms with Crippen LogP contribution in [0.25, 0.3) is 11.3 Å². The Hall–Kier alpha value is -1.65. The topological polar surface area (TPSA) is 64.1 Å². The Morgan fingerprint density at radius 1 is 1.38 bits per heavy atom. The molecule has 0 saturated carbocycles. The fourth-order valence-corrected chi connectivity index (χ4v) is 1.66. The SMILES string of the molecule is Cn1nc(-c2ccccc2)cc1[C@@H](O)CN. The van der Waals surface area contributed by atoms with E-state index in [-0.39, 0.29) is 6.54 Å². The van der Waals surface area contributed by atoms with Gasteiger partial charge >= 0.3 is 0 Å². The summed E-state index contributed by atoms with van der Waals surface area (Å²) in [6.07, 6.45) is -0.657. The lowest BCUT2D eigenvalue weighted by atomic mass is 10.1. The molecule has 0 aliphatic rings. The molecule has 2 aromatic rings. The van der Waals surface area contributed by atoms with Gasteiger partial charge in [0.25, 0.3) is 0 Å². The van der Waals surface area contributed by atoms with E-state index in [0.29, 0.717) is 0 Å². The van der Waals surface area contributed by atoms with Crippen LogP contribution in [0.15, 0.2) is 36.4 Å². The third-order valence-electron chi connectivity index (χ3n) is 2.55. The minimum atomic E-state index is -0.657. The highest BCUT2D eigenvalue weighted by Gasteiger charge is 2.13. The number of hydrogen-bond donors (Lipinski definition) is 2. The number of aliphatic hydroxyl groups excluding tert-OH is 1. The third-order valence-corrected chi connectivity index (χ3v) is 2.55. The summed E-state index contributed by atoms with van der Waals surface area (Å²) in [7, 11) is 1.81. The highest BCUT2D eigenvalue weighted by atomic mass is 16.3. The molecule has 0 saturated heterocycles. The second-order valence-electron chi connectivity index (χ2n) is 3.70. The number of nitrogens with zero attached hydrogens (tertiary/aromatic N) is 2. The number of aryl methyl sites for hydroxylation is 1. The molecule has 0 radical (unpaired) electrons. The summed E-state index contributed by atoms with van der Waals surface area (Å²) in [4.78, 5) is 0. The van der Waals surface area contributed by atoms with E-state index in [9.17, 15) is 5.11 Å². The number of aromatic nitrogens is 2. The molecule has 3 N–H and O–H groups in total. The molecule has 0 aliphatic heterocycles. The van der Waals surface area contributed by atoms with Crippen molar-refractivity contribution in [3.05, 3.63) is 42.1 Å². The molecule has 0 aliphatic carbocycles. The Morgan fingerprint density at radius 3 is 2.69 bits per heavy atom. The predicted octanol–water partition coefficient (Wildman–Crippen LogP) is 1.08. The van der Waals surface area contributed by atoms with Crippen LogP contribution in [0.2, 0.25) is 0 Å². The van der Waals surface area contributed by atoms with E-state index in [1.807, 2.05) is 36.4 Å². The summed E-state index contributed by atoms with van der Waals surface area (Å²) in [6.45, 7) is 0.202. The number of aliphatic hydroxyl groups is 1. The number of hydrogen-bond acceptors (Lipinski definition) is 3. The summed E-state index contributed by atoms with van der Waals surface area (Å²) in [5, 5.41) is 14.0. The number of rotatable bonds is 3. The fraction of sp³-hybridized carbons (Fsp3) is 0.250. The fourth-order valence-electron chi connectivity index (χ4n) is 1.66. The van der Waals surface area contributed by atoms with Crippen LogP contribution >= 0.6 is 0 Å². The van der Waals surface area contributed by atoms with Gasteiger partial charge in [0.15, 0.2) is 0 Å². The molecule has 1 aromatic carbocycles. The normalized spacial score (nSPS) is 12.7. The van der Waals surface area contributed by atoms with Crippen LogP contribution in [-0.4, -0.2) is 21.4 Å². The predicted molar refractivity (Wildman–Crippen MR) is 62.7 cm³/mol. The summed E-state index contributed by atoms with van der Waals surface area (Å²) < 4.78 is 1.67. The first kappa shape index (κ1) is 10.9. The van der Waals surface area contributed by atoms with E-state index in [1.54, 1.807) is 11.7 Å². The molecule has 1 aromatic heterocycles. The van der Waals surface area contributed by atoms with Gasteiger partial charge in [-0.3, -0.25) is 4.68 Å². The van der Waals surface area contributed by atoms with Gasteiger partial charge in [0.05, 0.1) is 11.4 Å². The second-order valence-corrected chi connectivity index (χ2v) is 3.70. The summed E-state index contributed by atoms with van der Waals surface area (Å²) in [5.74, 6) is 0. The molecule has 0 fully saturated rings. The highest BCUT2D eigenvalue weighted by Crippen LogP contribution is 2.21. The second kappa shape index (κ2) is 4.47. The molecular formula is C12H15N3O. The van der Waals surface area contributed by atoms with E-state index in [2.05, 4.69) is 5.10 Å². The molecule has 0 bridgehead atoms. The van der Waals surface area contributed by atoms with Crippen molar-refractivity contribution in [1.29, 1.82) is 0 Å². The monoisotopic (exact) mass is 217 g/mol. The zero-order valence-corrected chi connectivity index (χ0v) is 9.17. The Bertz CT molecular complexity index is 464. The van der Waals surface area contributed by atoms with Crippen LogP contribution in [0.1, 0.15) is 11.8 Å². The van der Waals surface area contributed by atoms with Crippen LogP contribution in [-0.2, 0) is 7.05 Å². The molecule has 16 heavy (non-hydrogen) atoms. The Kier molecular flexibility index (Phi) is 3.03. The molecule has 1 heterocycles. The van der Waals surface area contributed by atoms with Crippen LogP contribution < -0.4 is 5.73 Å². The number of benzene rings is 1. The van der Waals surface area contributed by atoms with E-state index in [1.165, 1.54) is 0 Å². The average Bonchev–Trinajstić information content (AvgIpc) is 2.71. The van der Waals surface area contributed by atoms with Gasteiger partial charge < -0.3 is 10.8 Å². The first-order valence-electron chi connectivity index (χ1n) is 5.20. The zero-order valence-electron chi connectivity index (χ0n) is 9.17. The average molecular weight is 217 g/mol. The maximum Gasteiger partial charge on any atom is 0.108 e. The molecule has 0 spiro atoms. The van der Waals surface area contributed by atoms with Crippen molar-refractivity contribution in [2.24, 2.45) is 12.8 Å². The lowest BCUT2D eigenvalue weighted by Crippen LogP contribution is -2.14. The minimum Gasteiger partial charge on any atom is -0.385 e. The molecule has 2 rings (SSSR count). The lowest BCUT2D eigenvalue weighted by molar-refractivity contribution is 0.177. The summed E-state index contributed by atoms with van der Waals surface area (Å²) >= 11 is 0. The quantitative estimate of drug-likeness (QED) is 0.808. The van der Waals surface area contributed by atoms with Gasteiger partial charge in [0, 0.05) is 19.2 Å². The van der Waals surface area contributed by atoms with Crippen molar-refractivity contribution in [1.82, 2.24) is 9.78 Å². The van der Waals surface area contributed by atoms with Crippen molar-refractivity contribution >= 4 is 0 Å². The summed E-state index contributed by atoms with van der Waals surface area (Å²) in [6, 6.07) is 11.7. The smallest absolute Gasteiger partial charge is 0.108 e. The minimum absolute atomic E-state index is 0.202.